The Balaban J connectivity index is 1.67. The van der Waals surface area contributed by atoms with E-state index in [2.05, 4.69) is 0 Å². The van der Waals surface area contributed by atoms with Crippen LogP contribution < -0.4 is 24.2 Å². The minimum absolute atomic E-state index is 0.300. The van der Waals surface area contributed by atoms with E-state index in [9.17, 15) is 9.59 Å². The Bertz CT molecular complexity index is 1280. The largest absolute Gasteiger partial charge is 0.493 e. The summed E-state index contributed by atoms with van der Waals surface area (Å²) >= 11 is 6.34. The molecule has 35 heavy (non-hydrogen) atoms. The normalized spacial score (nSPS) is 21.3. The number of para-hydroxylation sites is 2. The molecule has 2 heterocycles. The minimum atomic E-state index is -1.04. The number of amides is 2. The first-order chi connectivity index (χ1) is 17.0. The molecule has 2 aliphatic rings. The zero-order valence-electron chi connectivity index (χ0n) is 19.3. The average Bonchev–Trinajstić information content (AvgIpc) is 3.39. The van der Waals surface area contributed by atoms with Crippen LogP contribution in [0.5, 0.6) is 17.2 Å². The van der Waals surface area contributed by atoms with E-state index in [1.165, 1.54) is 21.3 Å². The van der Waals surface area contributed by atoms with E-state index >= 15 is 0 Å². The molecule has 5 rings (SSSR count). The van der Waals surface area contributed by atoms with Crippen molar-refractivity contribution in [1.82, 2.24) is 0 Å². The fraction of sp³-hybridized carbons (Fsp3) is 0.231. The van der Waals surface area contributed by atoms with Gasteiger partial charge in [0.15, 0.2) is 17.6 Å². The fourth-order valence-corrected chi connectivity index (χ4v) is 4.98. The van der Waals surface area contributed by atoms with Crippen LogP contribution in [0, 0.1) is 5.92 Å². The zero-order valence-corrected chi connectivity index (χ0v) is 20.1. The van der Waals surface area contributed by atoms with Gasteiger partial charge in [-0.05, 0) is 36.4 Å². The first-order valence-electron chi connectivity index (χ1n) is 10.9. The quantitative estimate of drug-likeness (QED) is 0.469. The van der Waals surface area contributed by atoms with Crippen LogP contribution in [0.2, 0.25) is 5.02 Å². The molecule has 2 aliphatic heterocycles. The maximum Gasteiger partial charge on any atom is 0.266 e. The molecule has 180 valence electrons. The van der Waals surface area contributed by atoms with Crippen molar-refractivity contribution in [2.24, 2.45) is 5.92 Å². The number of anilines is 2. The Labute approximate surface area is 207 Å². The molecule has 9 heteroatoms. The number of rotatable bonds is 6. The second kappa shape index (κ2) is 9.13. The smallest absolute Gasteiger partial charge is 0.266 e. The van der Waals surface area contributed by atoms with Crippen LogP contribution in [0.3, 0.4) is 0 Å². The third-order valence-corrected chi connectivity index (χ3v) is 6.59. The summed E-state index contributed by atoms with van der Waals surface area (Å²) in [6.45, 7) is 0. The molecule has 0 N–H and O–H groups in total. The summed E-state index contributed by atoms with van der Waals surface area (Å²) in [5.41, 5.74) is 1.63. The molecule has 0 radical (unpaired) electrons. The Morgan fingerprint density at radius 3 is 2.14 bits per heavy atom. The number of carbonyl (C=O) groups excluding carboxylic acids is 2. The van der Waals surface area contributed by atoms with Crippen LogP contribution in [0.1, 0.15) is 11.6 Å². The molecule has 0 aliphatic carbocycles. The van der Waals surface area contributed by atoms with Gasteiger partial charge >= 0.3 is 0 Å². The van der Waals surface area contributed by atoms with Crippen LogP contribution in [-0.2, 0) is 14.4 Å². The van der Waals surface area contributed by atoms with Crippen molar-refractivity contribution < 1.29 is 28.6 Å². The summed E-state index contributed by atoms with van der Waals surface area (Å²) in [4.78, 5) is 34.6. The molecule has 0 saturated carbocycles. The van der Waals surface area contributed by atoms with E-state index in [4.69, 9.17) is 30.6 Å². The second-order valence-electron chi connectivity index (χ2n) is 8.04. The van der Waals surface area contributed by atoms with Gasteiger partial charge in [0.1, 0.15) is 12.0 Å². The summed E-state index contributed by atoms with van der Waals surface area (Å²) in [5, 5.41) is 1.90. The molecular formula is C26H23ClN2O6. The predicted molar refractivity (Wildman–Crippen MR) is 130 cm³/mol. The molecule has 3 aromatic carbocycles. The van der Waals surface area contributed by atoms with Gasteiger partial charge in [-0.1, -0.05) is 41.9 Å². The highest BCUT2D eigenvalue weighted by Crippen LogP contribution is 2.52. The van der Waals surface area contributed by atoms with Crippen LogP contribution in [0.15, 0.2) is 66.7 Å². The first kappa shape index (κ1) is 23.0. The highest BCUT2D eigenvalue weighted by atomic mass is 35.5. The van der Waals surface area contributed by atoms with Crippen molar-refractivity contribution >= 4 is 34.8 Å². The number of fused-ring (bicyclic) bond motifs is 1. The van der Waals surface area contributed by atoms with E-state index in [1.807, 2.05) is 30.3 Å². The lowest BCUT2D eigenvalue weighted by molar-refractivity contribution is -0.126. The maximum atomic E-state index is 13.8. The summed E-state index contributed by atoms with van der Waals surface area (Å²) in [5.74, 6) is -0.501. The lowest BCUT2D eigenvalue weighted by Crippen LogP contribution is -2.37. The molecular weight excluding hydrogens is 472 g/mol. The summed E-state index contributed by atoms with van der Waals surface area (Å²) in [7, 11) is 4.55. The number of hydrogen-bond acceptors (Lipinski definition) is 7. The van der Waals surface area contributed by atoms with Gasteiger partial charge in [0, 0.05) is 5.56 Å². The maximum absolute atomic E-state index is 13.8. The number of hydroxylamine groups is 1. The number of benzene rings is 3. The molecule has 2 saturated heterocycles. The van der Waals surface area contributed by atoms with Crippen molar-refractivity contribution in [3.63, 3.8) is 0 Å². The number of imide groups is 1. The molecule has 3 atom stereocenters. The number of nitrogens with zero attached hydrogens (tertiary/aromatic N) is 2. The molecule has 0 spiro atoms. The van der Waals surface area contributed by atoms with Crippen LogP contribution >= 0.6 is 11.6 Å². The Kier molecular flexibility index (Phi) is 6.00. The van der Waals surface area contributed by atoms with Crippen LogP contribution in [-0.4, -0.2) is 39.2 Å². The Hall–Kier alpha value is -3.75. The molecule has 0 aromatic heterocycles. The minimum Gasteiger partial charge on any atom is -0.493 e. The van der Waals surface area contributed by atoms with Gasteiger partial charge in [-0.25, -0.2) is 9.96 Å². The number of ether oxygens (including phenoxy) is 3. The zero-order chi connectivity index (χ0) is 24.7. The van der Waals surface area contributed by atoms with Crippen molar-refractivity contribution in [3.05, 3.63) is 77.3 Å². The van der Waals surface area contributed by atoms with Gasteiger partial charge in [-0.2, -0.15) is 0 Å². The molecule has 0 unspecified atom stereocenters. The SMILES string of the molecule is COc1ccc([C@H]2[C@H]3C(=O)N(c4ccccc4Cl)C(=O)[C@H]3ON2c2ccccc2)c(OC)c1OC. The first-order valence-corrected chi connectivity index (χ1v) is 11.3. The number of hydrogen-bond donors (Lipinski definition) is 0. The summed E-state index contributed by atoms with van der Waals surface area (Å²) in [6.07, 6.45) is -1.04. The number of methoxy groups -OCH3 is 3. The third kappa shape index (κ3) is 3.57. The van der Waals surface area contributed by atoms with Crippen LogP contribution in [0.25, 0.3) is 0 Å². The van der Waals surface area contributed by atoms with E-state index in [-0.39, 0.29) is 0 Å². The van der Waals surface area contributed by atoms with E-state index in [0.717, 1.165) is 4.90 Å². The average molecular weight is 495 g/mol. The van der Waals surface area contributed by atoms with E-state index in [0.29, 0.717) is 39.2 Å². The number of carbonyl (C=O) groups is 2. The molecule has 0 bridgehead atoms. The van der Waals surface area contributed by atoms with Gasteiger partial charge in [0.25, 0.3) is 5.91 Å². The molecule has 3 aromatic rings. The van der Waals surface area contributed by atoms with Crippen molar-refractivity contribution in [1.29, 1.82) is 0 Å². The molecule has 8 nitrogen and oxygen atoms in total. The van der Waals surface area contributed by atoms with Gasteiger partial charge < -0.3 is 14.2 Å². The van der Waals surface area contributed by atoms with Crippen LogP contribution in [0.4, 0.5) is 11.4 Å². The number of halogens is 1. The molecule has 2 fully saturated rings. The molecule has 2 amide bonds. The highest BCUT2D eigenvalue weighted by molar-refractivity contribution is 6.36. The van der Waals surface area contributed by atoms with E-state index < -0.39 is 29.9 Å². The summed E-state index contributed by atoms with van der Waals surface area (Å²) in [6, 6.07) is 18.9. The second-order valence-corrected chi connectivity index (χ2v) is 8.45. The van der Waals surface area contributed by atoms with Crippen molar-refractivity contribution in [2.75, 3.05) is 31.3 Å². The van der Waals surface area contributed by atoms with Gasteiger partial charge in [0.2, 0.25) is 11.7 Å². The predicted octanol–water partition coefficient (Wildman–Crippen LogP) is 4.42. The van der Waals surface area contributed by atoms with Gasteiger partial charge in [0.05, 0.1) is 37.7 Å². The van der Waals surface area contributed by atoms with Crippen molar-refractivity contribution in [3.8, 4) is 17.2 Å². The highest BCUT2D eigenvalue weighted by Gasteiger charge is 2.61. The van der Waals surface area contributed by atoms with Gasteiger partial charge in [-0.3, -0.25) is 14.4 Å². The Morgan fingerprint density at radius 1 is 0.800 bits per heavy atom. The fourth-order valence-electron chi connectivity index (χ4n) is 4.76. The summed E-state index contributed by atoms with van der Waals surface area (Å²) < 4.78 is 16.7. The van der Waals surface area contributed by atoms with Gasteiger partial charge in [-0.15, -0.1) is 0 Å². The monoisotopic (exact) mass is 494 g/mol. The third-order valence-electron chi connectivity index (χ3n) is 6.27. The topological polar surface area (TPSA) is 77.5 Å². The Morgan fingerprint density at radius 2 is 1.49 bits per heavy atom. The van der Waals surface area contributed by atoms with E-state index in [1.54, 1.807) is 41.5 Å². The lowest BCUT2D eigenvalue weighted by Gasteiger charge is -2.30. The standard InChI is InChI=1S/C26H23ClN2O6/c1-32-19-14-13-16(22(33-2)23(19)34-3)21-20-24(35-29(21)15-9-5-4-6-10-15)26(31)28(25(20)30)18-12-8-7-11-17(18)27/h4-14,20-21,24H,1-3H3/t20-,21+,24+/m1/s1. The lowest BCUT2D eigenvalue weighted by atomic mass is 9.89. The van der Waals surface area contributed by atoms with Crippen molar-refractivity contribution in [2.45, 2.75) is 12.1 Å².